The van der Waals surface area contributed by atoms with Crippen molar-refractivity contribution in [3.8, 4) is 5.75 Å². The van der Waals surface area contributed by atoms with Crippen LogP contribution < -0.4 is 10.1 Å². The highest BCUT2D eigenvalue weighted by molar-refractivity contribution is 5.77. The highest BCUT2D eigenvalue weighted by Crippen LogP contribution is 2.36. The van der Waals surface area contributed by atoms with E-state index < -0.39 is 5.60 Å². The van der Waals surface area contributed by atoms with E-state index in [1.165, 1.54) is 11.1 Å². The van der Waals surface area contributed by atoms with Crippen molar-refractivity contribution in [1.82, 2.24) is 5.32 Å². The zero-order valence-corrected chi connectivity index (χ0v) is 13.9. The molecule has 2 aliphatic rings. The van der Waals surface area contributed by atoms with Crippen molar-refractivity contribution in [2.75, 3.05) is 13.7 Å². The first kappa shape index (κ1) is 16.3. The number of carbonyl (C=O) groups excluding carboxylic acids is 1. The molecular weight excluding hydrogens is 290 g/mol. The maximum atomic E-state index is 12.3. The number of aliphatic hydroxyl groups is 1. The van der Waals surface area contributed by atoms with E-state index in [1.807, 2.05) is 6.07 Å². The Morgan fingerprint density at radius 1 is 1.35 bits per heavy atom. The minimum absolute atomic E-state index is 0.0546. The molecule has 23 heavy (non-hydrogen) atoms. The van der Waals surface area contributed by atoms with Crippen LogP contribution in [0.15, 0.2) is 18.2 Å². The third kappa shape index (κ3) is 3.86. The molecule has 0 spiro atoms. The minimum Gasteiger partial charge on any atom is -0.497 e. The summed E-state index contributed by atoms with van der Waals surface area (Å²) < 4.78 is 5.30. The molecule has 2 aliphatic carbocycles. The van der Waals surface area contributed by atoms with Gasteiger partial charge in [-0.25, -0.2) is 0 Å². The molecule has 1 aromatic rings. The van der Waals surface area contributed by atoms with Gasteiger partial charge in [-0.2, -0.15) is 0 Å². The third-order valence-electron chi connectivity index (χ3n) is 5.37. The lowest BCUT2D eigenvalue weighted by molar-refractivity contribution is -0.122. The number of hydrogen-bond donors (Lipinski definition) is 2. The van der Waals surface area contributed by atoms with Gasteiger partial charge in [0.05, 0.1) is 12.7 Å². The van der Waals surface area contributed by atoms with E-state index in [0.717, 1.165) is 50.7 Å². The summed E-state index contributed by atoms with van der Waals surface area (Å²) in [5.74, 6) is 1.22. The summed E-state index contributed by atoms with van der Waals surface area (Å²) in [6.45, 7) is 0.397. The summed E-state index contributed by atoms with van der Waals surface area (Å²) in [6.07, 6.45) is 7.46. The fraction of sp³-hybridized carbons (Fsp3) is 0.632. The number of benzene rings is 1. The Hall–Kier alpha value is -1.55. The van der Waals surface area contributed by atoms with Crippen LogP contribution in [0.1, 0.15) is 62.0 Å². The van der Waals surface area contributed by atoms with Crippen LogP contribution in [0, 0.1) is 0 Å². The number of rotatable bonds is 5. The Balaban J connectivity index is 1.59. The molecule has 0 saturated heterocycles. The number of aryl methyl sites for hydroxylation is 1. The average Bonchev–Trinajstić information content (AvgIpc) is 3.00. The molecule has 0 aromatic heterocycles. The number of methoxy groups -OCH3 is 1. The standard InChI is InChI=1S/C19H27NO3/c1-23-16-7-8-17-14(11-16)5-4-6-15(17)12-18(21)20-13-19(22)9-2-3-10-19/h7-8,11,15,22H,2-6,9-10,12-13H2,1H3,(H,20,21). The molecule has 0 heterocycles. The Kier molecular flexibility index (Phi) is 4.90. The molecule has 1 amide bonds. The summed E-state index contributed by atoms with van der Waals surface area (Å²) in [7, 11) is 1.68. The monoisotopic (exact) mass is 317 g/mol. The fourth-order valence-corrected chi connectivity index (χ4v) is 4.00. The molecule has 3 rings (SSSR count). The Labute approximate surface area is 138 Å². The van der Waals surface area contributed by atoms with Gasteiger partial charge in [-0.05, 0) is 61.3 Å². The van der Waals surface area contributed by atoms with E-state index in [0.29, 0.717) is 13.0 Å². The van der Waals surface area contributed by atoms with Gasteiger partial charge in [0.2, 0.25) is 5.91 Å². The number of carbonyl (C=O) groups is 1. The minimum atomic E-state index is -0.673. The lowest BCUT2D eigenvalue weighted by Crippen LogP contribution is -2.41. The highest BCUT2D eigenvalue weighted by Gasteiger charge is 2.31. The van der Waals surface area contributed by atoms with Gasteiger partial charge in [0.1, 0.15) is 5.75 Å². The van der Waals surface area contributed by atoms with Crippen molar-refractivity contribution in [1.29, 1.82) is 0 Å². The quantitative estimate of drug-likeness (QED) is 0.878. The largest absolute Gasteiger partial charge is 0.497 e. The molecule has 0 aliphatic heterocycles. The van der Waals surface area contributed by atoms with Gasteiger partial charge < -0.3 is 15.2 Å². The van der Waals surface area contributed by atoms with Gasteiger partial charge in [-0.1, -0.05) is 18.9 Å². The zero-order chi connectivity index (χ0) is 16.3. The molecule has 1 fully saturated rings. The third-order valence-corrected chi connectivity index (χ3v) is 5.37. The molecular formula is C19H27NO3. The molecule has 1 atom stereocenters. The van der Waals surface area contributed by atoms with Crippen LogP contribution in [0.3, 0.4) is 0 Å². The molecule has 4 nitrogen and oxygen atoms in total. The van der Waals surface area contributed by atoms with Gasteiger partial charge in [0, 0.05) is 13.0 Å². The number of nitrogens with one attached hydrogen (secondary N) is 1. The topological polar surface area (TPSA) is 58.6 Å². The van der Waals surface area contributed by atoms with E-state index >= 15 is 0 Å². The van der Waals surface area contributed by atoms with Gasteiger partial charge in [0.15, 0.2) is 0 Å². The summed E-state index contributed by atoms with van der Waals surface area (Å²) in [5.41, 5.74) is 1.92. The van der Waals surface area contributed by atoms with Crippen LogP contribution in [0.25, 0.3) is 0 Å². The molecule has 1 aromatic carbocycles. The zero-order valence-electron chi connectivity index (χ0n) is 13.9. The number of amides is 1. The number of hydrogen-bond acceptors (Lipinski definition) is 3. The average molecular weight is 317 g/mol. The lowest BCUT2D eigenvalue weighted by atomic mass is 9.81. The van der Waals surface area contributed by atoms with Gasteiger partial charge >= 0.3 is 0 Å². The molecule has 0 bridgehead atoms. The van der Waals surface area contributed by atoms with Crippen LogP contribution in [-0.2, 0) is 11.2 Å². The Morgan fingerprint density at radius 2 is 2.13 bits per heavy atom. The first-order valence-electron chi connectivity index (χ1n) is 8.75. The SMILES string of the molecule is COc1ccc2c(c1)CCCC2CC(=O)NCC1(O)CCCC1. The molecule has 4 heteroatoms. The van der Waals surface area contributed by atoms with Crippen LogP contribution in [0.4, 0.5) is 0 Å². The predicted octanol–water partition coefficient (Wildman–Crippen LogP) is 2.93. The van der Waals surface area contributed by atoms with Crippen molar-refractivity contribution < 1.29 is 14.6 Å². The van der Waals surface area contributed by atoms with Gasteiger partial charge in [0.25, 0.3) is 0 Å². The van der Waals surface area contributed by atoms with Crippen LogP contribution in [0.5, 0.6) is 5.75 Å². The van der Waals surface area contributed by atoms with E-state index in [-0.39, 0.29) is 11.8 Å². The number of fused-ring (bicyclic) bond motifs is 1. The van der Waals surface area contributed by atoms with Crippen LogP contribution in [0.2, 0.25) is 0 Å². The van der Waals surface area contributed by atoms with Gasteiger partial charge in [-0.15, -0.1) is 0 Å². The summed E-state index contributed by atoms with van der Waals surface area (Å²) in [6, 6.07) is 6.19. The lowest BCUT2D eigenvalue weighted by Gasteiger charge is -2.27. The van der Waals surface area contributed by atoms with E-state index in [9.17, 15) is 9.90 Å². The maximum absolute atomic E-state index is 12.3. The summed E-state index contributed by atoms with van der Waals surface area (Å²) in [5, 5.41) is 13.3. The molecule has 0 radical (unpaired) electrons. The first-order chi connectivity index (χ1) is 11.1. The van der Waals surface area contributed by atoms with Crippen molar-refractivity contribution in [3.63, 3.8) is 0 Å². The smallest absolute Gasteiger partial charge is 0.220 e. The number of ether oxygens (including phenoxy) is 1. The van der Waals surface area contributed by atoms with Crippen molar-refractivity contribution >= 4 is 5.91 Å². The maximum Gasteiger partial charge on any atom is 0.220 e. The highest BCUT2D eigenvalue weighted by atomic mass is 16.5. The fourth-order valence-electron chi connectivity index (χ4n) is 4.00. The molecule has 1 saturated carbocycles. The Morgan fingerprint density at radius 3 is 2.87 bits per heavy atom. The molecule has 126 valence electrons. The Bertz CT molecular complexity index is 564. The van der Waals surface area contributed by atoms with Crippen LogP contribution >= 0.6 is 0 Å². The van der Waals surface area contributed by atoms with Crippen LogP contribution in [-0.4, -0.2) is 30.3 Å². The predicted molar refractivity (Wildman–Crippen MR) is 89.7 cm³/mol. The first-order valence-corrected chi connectivity index (χ1v) is 8.75. The molecule has 2 N–H and O–H groups in total. The molecule has 1 unspecified atom stereocenters. The summed E-state index contributed by atoms with van der Waals surface area (Å²) >= 11 is 0. The van der Waals surface area contributed by atoms with E-state index in [4.69, 9.17) is 4.74 Å². The second-order valence-electron chi connectivity index (χ2n) is 7.07. The normalized spacial score (nSPS) is 22.4. The summed E-state index contributed by atoms with van der Waals surface area (Å²) in [4.78, 5) is 12.3. The van der Waals surface area contributed by atoms with Crippen molar-refractivity contribution in [3.05, 3.63) is 29.3 Å². The van der Waals surface area contributed by atoms with Crippen molar-refractivity contribution in [2.45, 2.75) is 62.9 Å². The van der Waals surface area contributed by atoms with E-state index in [2.05, 4.69) is 17.4 Å². The van der Waals surface area contributed by atoms with Crippen molar-refractivity contribution in [2.24, 2.45) is 0 Å². The van der Waals surface area contributed by atoms with Gasteiger partial charge in [-0.3, -0.25) is 4.79 Å². The second-order valence-corrected chi connectivity index (χ2v) is 7.07. The second kappa shape index (κ2) is 6.91. The van der Waals surface area contributed by atoms with E-state index in [1.54, 1.807) is 7.11 Å².